The zero-order valence-corrected chi connectivity index (χ0v) is 11.8. The number of hydrogen-bond donors (Lipinski definition) is 0. The Bertz CT molecular complexity index is 636. The lowest BCUT2D eigenvalue weighted by atomic mass is 9.85. The number of allylic oxidation sites excluding steroid dienone is 2. The third kappa shape index (κ3) is 1.36. The molecule has 1 aliphatic heterocycles. The molecule has 2 bridgehead atoms. The van der Waals surface area contributed by atoms with Crippen LogP contribution in [-0.2, 0) is 9.59 Å². The van der Waals surface area contributed by atoms with E-state index in [0.29, 0.717) is 10.7 Å². The van der Waals surface area contributed by atoms with Gasteiger partial charge in [0.1, 0.15) is 0 Å². The first-order valence-electron chi connectivity index (χ1n) is 6.91. The average Bonchev–Trinajstić information content (AvgIpc) is 3.09. The second kappa shape index (κ2) is 3.95. The Hall–Kier alpha value is -1.61. The van der Waals surface area contributed by atoms with E-state index in [1.807, 2.05) is 6.92 Å². The minimum absolute atomic E-state index is 0.0535. The first kappa shape index (κ1) is 12.2. The van der Waals surface area contributed by atoms with Crippen LogP contribution in [-0.4, -0.2) is 11.8 Å². The third-order valence-electron chi connectivity index (χ3n) is 4.95. The quantitative estimate of drug-likeness (QED) is 0.588. The summed E-state index contributed by atoms with van der Waals surface area (Å²) in [5.41, 5.74) is 1.43. The van der Waals surface area contributed by atoms with Crippen molar-refractivity contribution in [2.45, 2.75) is 13.3 Å². The van der Waals surface area contributed by atoms with Gasteiger partial charge in [0.2, 0.25) is 11.8 Å². The van der Waals surface area contributed by atoms with Gasteiger partial charge < -0.3 is 0 Å². The Morgan fingerprint density at radius 2 is 1.70 bits per heavy atom. The molecule has 0 spiro atoms. The van der Waals surface area contributed by atoms with E-state index in [2.05, 4.69) is 12.2 Å². The number of hydrogen-bond acceptors (Lipinski definition) is 2. The highest BCUT2D eigenvalue weighted by Crippen LogP contribution is 2.53. The largest absolute Gasteiger partial charge is 0.274 e. The number of amides is 2. The molecule has 2 aliphatic carbocycles. The summed E-state index contributed by atoms with van der Waals surface area (Å²) in [4.78, 5) is 26.7. The van der Waals surface area contributed by atoms with E-state index in [4.69, 9.17) is 11.6 Å². The molecular weight excluding hydrogens is 274 g/mol. The van der Waals surface area contributed by atoms with E-state index in [-0.39, 0.29) is 35.5 Å². The minimum atomic E-state index is -0.157. The molecule has 1 heterocycles. The summed E-state index contributed by atoms with van der Waals surface area (Å²) in [5.74, 6) is 0.0630. The molecule has 20 heavy (non-hydrogen) atoms. The Labute approximate surface area is 122 Å². The molecule has 2 amide bonds. The zero-order chi connectivity index (χ0) is 14.0. The molecule has 102 valence electrons. The summed E-state index contributed by atoms with van der Waals surface area (Å²) in [7, 11) is 0. The maximum absolute atomic E-state index is 12.7. The van der Waals surface area contributed by atoms with Crippen molar-refractivity contribution in [3.05, 3.63) is 40.9 Å². The number of fused-ring (bicyclic) bond motifs is 5. The van der Waals surface area contributed by atoms with Crippen molar-refractivity contribution in [1.29, 1.82) is 0 Å². The molecule has 0 unspecified atom stereocenters. The molecule has 1 aromatic carbocycles. The fourth-order valence-corrected chi connectivity index (χ4v) is 4.15. The molecule has 3 aliphatic rings. The Balaban J connectivity index is 1.80. The fourth-order valence-electron chi connectivity index (χ4n) is 3.98. The molecule has 4 rings (SSSR count). The first-order valence-corrected chi connectivity index (χ1v) is 7.28. The predicted octanol–water partition coefficient (Wildman–Crippen LogP) is 2.96. The van der Waals surface area contributed by atoms with Crippen LogP contribution in [0.15, 0.2) is 30.4 Å². The van der Waals surface area contributed by atoms with Gasteiger partial charge in [-0.15, -0.1) is 0 Å². The molecule has 4 heteroatoms. The number of rotatable bonds is 1. The van der Waals surface area contributed by atoms with Gasteiger partial charge in [-0.2, -0.15) is 0 Å². The fraction of sp³-hybridized carbons (Fsp3) is 0.375. The van der Waals surface area contributed by atoms with Crippen LogP contribution in [0.5, 0.6) is 0 Å². The lowest BCUT2D eigenvalue weighted by Gasteiger charge is -2.19. The van der Waals surface area contributed by atoms with E-state index in [1.54, 1.807) is 18.2 Å². The minimum Gasteiger partial charge on any atom is -0.274 e. The Morgan fingerprint density at radius 1 is 1.10 bits per heavy atom. The van der Waals surface area contributed by atoms with E-state index in [9.17, 15) is 9.59 Å². The van der Waals surface area contributed by atoms with Crippen LogP contribution in [0.2, 0.25) is 5.02 Å². The van der Waals surface area contributed by atoms with Crippen molar-refractivity contribution in [2.24, 2.45) is 23.7 Å². The maximum Gasteiger partial charge on any atom is 0.238 e. The van der Waals surface area contributed by atoms with Crippen LogP contribution in [0.3, 0.4) is 0 Å². The van der Waals surface area contributed by atoms with Crippen LogP contribution in [0.25, 0.3) is 0 Å². The van der Waals surface area contributed by atoms with Crippen molar-refractivity contribution in [1.82, 2.24) is 0 Å². The van der Waals surface area contributed by atoms with E-state index < -0.39 is 0 Å². The normalized spacial score (nSPS) is 34.2. The van der Waals surface area contributed by atoms with Crippen molar-refractivity contribution < 1.29 is 9.59 Å². The average molecular weight is 288 g/mol. The molecule has 2 fully saturated rings. The smallest absolute Gasteiger partial charge is 0.238 e. The first-order chi connectivity index (χ1) is 9.59. The SMILES string of the molecule is Cc1c(Cl)cccc1N1C(=O)[C@@H]2[C@@H](C1=O)[C@H]1C=C[C@@H]2C1. The molecule has 1 saturated heterocycles. The van der Waals surface area contributed by atoms with Crippen LogP contribution in [0.1, 0.15) is 12.0 Å². The summed E-state index contributed by atoms with van der Waals surface area (Å²) < 4.78 is 0. The number of carbonyl (C=O) groups is 2. The highest BCUT2D eigenvalue weighted by Gasteiger charge is 2.59. The van der Waals surface area contributed by atoms with Crippen molar-refractivity contribution in [3.63, 3.8) is 0 Å². The van der Waals surface area contributed by atoms with Gasteiger partial charge in [-0.05, 0) is 42.9 Å². The van der Waals surface area contributed by atoms with Gasteiger partial charge in [-0.25, -0.2) is 4.90 Å². The van der Waals surface area contributed by atoms with Gasteiger partial charge in [0.15, 0.2) is 0 Å². The molecule has 1 aromatic rings. The standard InChI is InChI=1S/C16H14ClNO2/c1-8-11(17)3-2-4-12(8)18-15(19)13-9-5-6-10(7-9)14(13)16(18)20/h2-6,9-10,13-14H,7H2,1H3/t9-,10+,13-,14-/m0/s1. The summed E-state index contributed by atoms with van der Waals surface area (Å²) >= 11 is 6.12. The number of anilines is 1. The van der Waals surface area contributed by atoms with E-state index >= 15 is 0 Å². The molecular formula is C16H14ClNO2. The highest BCUT2D eigenvalue weighted by atomic mass is 35.5. The number of halogens is 1. The number of carbonyl (C=O) groups excluding carboxylic acids is 2. The second-order valence-corrected chi connectivity index (χ2v) is 6.30. The Kier molecular flexibility index (Phi) is 2.40. The van der Waals surface area contributed by atoms with Gasteiger partial charge in [-0.3, -0.25) is 9.59 Å². The molecule has 4 atom stereocenters. The molecule has 3 nitrogen and oxygen atoms in total. The lowest BCUT2D eigenvalue weighted by molar-refractivity contribution is -0.123. The van der Waals surface area contributed by atoms with E-state index in [0.717, 1.165) is 12.0 Å². The van der Waals surface area contributed by atoms with Crippen molar-refractivity contribution in [3.8, 4) is 0 Å². The Morgan fingerprint density at radius 3 is 2.30 bits per heavy atom. The molecule has 0 aromatic heterocycles. The summed E-state index contributed by atoms with van der Waals surface area (Å²) in [5, 5.41) is 0.584. The topological polar surface area (TPSA) is 37.4 Å². The maximum atomic E-state index is 12.7. The monoisotopic (exact) mass is 287 g/mol. The van der Waals surface area contributed by atoms with E-state index in [1.165, 1.54) is 4.90 Å². The predicted molar refractivity (Wildman–Crippen MR) is 76.4 cm³/mol. The molecule has 0 N–H and O–H groups in total. The summed E-state index contributed by atoms with van der Waals surface area (Å²) in [6, 6.07) is 5.36. The molecule has 0 radical (unpaired) electrons. The molecule has 1 saturated carbocycles. The van der Waals surface area contributed by atoms with Gasteiger partial charge in [0.25, 0.3) is 0 Å². The van der Waals surface area contributed by atoms with Crippen molar-refractivity contribution >= 4 is 29.1 Å². The second-order valence-electron chi connectivity index (χ2n) is 5.90. The highest BCUT2D eigenvalue weighted by molar-refractivity contribution is 6.32. The van der Waals surface area contributed by atoms with Crippen LogP contribution < -0.4 is 4.90 Å². The lowest BCUT2D eigenvalue weighted by Crippen LogP contribution is -2.33. The third-order valence-corrected chi connectivity index (χ3v) is 5.36. The van der Waals surface area contributed by atoms with Gasteiger partial charge in [0, 0.05) is 5.02 Å². The van der Waals surface area contributed by atoms with Gasteiger partial charge in [0.05, 0.1) is 17.5 Å². The van der Waals surface area contributed by atoms with Crippen LogP contribution >= 0.6 is 11.6 Å². The van der Waals surface area contributed by atoms with Crippen molar-refractivity contribution in [2.75, 3.05) is 4.90 Å². The number of benzene rings is 1. The van der Waals surface area contributed by atoms with Crippen LogP contribution in [0.4, 0.5) is 5.69 Å². The van der Waals surface area contributed by atoms with Crippen LogP contribution in [0, 0.1) is 30.6 Å². The summed E-state index contributed by atoms with van der Waals surface area (Å²) in [6.07, 6.45) is 5.16. The number of nitrogens with zero attached hydrogens (tertiary/aromatic N) is 1. The van der Waals surface area contributed by atoms with Gasteiger partial charge in [-0.1, -0.05) is 29.8 Å². The zero-order valence-electron chi connectivity index (χ0n) is 11.0. The van der Waals surface area contributed by atoms with Gasteiger partial charge >= 0.3 is 0 Å². The summed E-state index contributed by atoms with van der Waals surface area (Å²) in [6.45, 7) is 1.85. The number of imide groups is 1.